The van der Waals surface area contributed by atoms with Crippen molar-refractivity contribution in [2.75, 3.05) is 7.11 Å². The number of aromatic nitrogens is 4. The molecule has 0 aromatic carbocycles. The van der Waals surface area contributed by atoms with Gasteiger partial charge in [-0.1, -0.05) is 6.92 Å². The molecule has 90 valence electrons. The second-order valence-corrected chi connectivity index (χ2v) is 4.35. The van der Waals surface area contributed by atoms with Crippen LogP contribution in [0, 0.1) is 0 Å². The van der Waals surface area contributed by atoms with E-state index in [-0.39, 0.29) is 0 Å². The summed E-state index contributed by atoms with van der Waals surface area (Å²) in [6, 6.07) is 0. The third kappa shape index (κ3) is 2.46. The van der Waals surface area contributed by atoms with Gasteiger partial charge in [-0.15, -0.1) is 0 Å². The van der Waals surface area contributed by atoms with E-state index in [0.717, 1.165) is 23.1 Å². The molecule has 2 aromatic heterocycles. The van der Waals surface area contributed by atoms with Gasteiger partial charge in [0.1, 0.15) is 5.82 Å². The van der Waals surface area contributed by atoms with Gasteiger partial charge in [0.05, 0.1) is 17.8 Å². The van der Waals surface area contributed by atoms with Gasteiger partial charge >= 0.3 is 0 Å². The molecule has 0 aliphatic heterocycles. The van der Waals surface area contributed by atoms with Gasteiger partial charge in [-0.25, -0.2) is 9.97 Å². The summed E-state index contributed by atoms with van der Waals surface area (Å²) in [5.74, 6) is 2.05. The van der Waals surface area contributed by atoms with Crippen LogP contribution in [0.1, 0.15) is 19.2 Å². The molecule has 0 bridgehead atoms. The Bertz CT molecular complexity index is 512. The average Bonchev–Trinajstić information content (AvgIpc) is 2.78. The first kappa shape index (κ1) is 12.0. The molecule has 2 rings (SSSR count). The summed E-state index contributed by atoms with van der Waals surface area (Å²) in [5.41, 5.74) is 0. The number of hydrogen-bond donors (Lipinski definition) is 0. The van der Waals surface area contributed by atoms with E-state index < -0.39 is 0 Å². The van der Waals surface area contributed by atoms with Gasteiger partial charge in [0.2, 0.25) is 11.8 Å². The zero-order chi connectivity index (χ0) is 12.3. The Morgan fingerprint density at radius 1 is 1.41 bits per heavy atom. The molecule has 5 nitrogen and oxygen atoms in total. The SMILES string of the molecule is CCCc1nccn1-c1ncc(Br)c(OC)n1. The number of halogens is 1. The third-order valence-corrected chi connectivity index (χ3v) is 2.84. The van der Waals surface area contributed by atoms with Crippen LogP contribution in [0.15, 0.2) is 23.1 Å². The van der Waals surface area contributed by atoms with Crippen LogP contribution in [-0.2, 0) is 6.42 Å². The molecule has 0 spiro atoms. The van der Waals surface area contributed by atoms with Gasteiger partial charge in [-0.05, 0) is 22.4 Å². The number of ether oxygens (including phenoxy) is 1. The lowest BCUT2D eigenvalue weighted by Crippen LogP contribution is -2.06. The fourth-order valence-corrected chi connectivity index (χ4v) is 1.88. The maximum Gasteiger partial charge on any atom is 0.238 e. The Labute approximate surface area is 108 Å². The summed E-state index contributed by atoms with van der Waals surface area (Å²) in [5, 5.41) is 0. The molecule has 17 heavy (non-hydrogen) atoms. The summed E-state index contributed by atoms with van der Waals surface area (Å²) in [6.07, 6.45) is 7.22. The van der Waals surface area contributed by atoms with Crippen molar-refractivity contribution >= 4 is 15.9 Å². The van der Waals surface area contributed by atoms with Crippen molar-refractivity contribution in [3.05, 3.63) is 28.9 Å². The van der Waals surface area contributed by atoms with Crippen molar-refractivity contribution in [3.8, 4) is 11.8 Å². The van der Waals surface area contributed by atoms with Crippen LogP contribution in [-0.4, -0.2) is 26.6 Å². The molecular weight excluding hydrogens is 284 g/mol. The topological polar surface area (TPSA) is 52.8 Å². The quantitative estimate of drug-likeness (QED) is 0.869. The highest BCUT2D eigenvalue weighted by Crippen LogP contribution is 2.22. The molecule has 0 atom stereocenters. The monoisotopic (exact) mass is 296 g/mol. The number of methoxy groups -OCH3 is 1. The summed E-state index contributed by atoms with van der Waals surface area (Å²) >= 11 is 3.33. The lowest BCUT2D eigenvalue weighted by Gasteiger charge is -2.07. The largest absolute Gasteiger partial charge is 0.480 e. The summed E-state index contributed by atoms with van der Waals surface area (Å²) in [4.78, 5) is 12.9. The van der Waals surface area contributed by atoms with Gasteiger partial charge in [0, 0.05) is 18.8 Å². The molecule has 0 saturated carbocycles. The van der Waals surface area contributed by atoms with Gasteiger partial charge < -0.3 is 4.74 Å². The van der Waals surface area contributed by atoms with Gasteiger partial charge in [-0.3, -0.25) is 4.57 Å². The number of aryl methyl sites for hydroxylation is 1. The van der Waals surface area contributed by atoms with Gasteiger partial charge in [0.25, 0.3) is 0 Å². The Hall–Kier alpha value is -1.43. The lowest BCUT2D eigenvalue weighted by molar-refractivity contribution is 0.393. The van der Waals surface area contributed by atoms with Crippen molar-refractivity contribution in [3.63, 3.8) is 0 Å². The minimum absolute atomic E-state index is 0.520. The van der Waals surface area contributed by atoms with E-state index in [9.17, 15) is 0 Å². The minimum atomic E-state index is 0.520. The van der Waals surface area contributed by atoms with Crippen molar-refractivity contribution in [2.45, 2.75) is 19.8 Å². The molecule has 6 heteroatoms. The predicted molar refractivity (Wildman–Crippen MR) is 67.4 cm³/mol. The van der Waals surface area contributed by atoms with Crippen molar-refractivity contribution < 1.29 is 4.74 Å². The summed E-state index contributed by atoms with van der Waals surface area (Å²) in [7, 11) is 1.58. The van der Waals surface area contributed by atoms with Crippen LogP contribution in [0.5, 0.6) is 5.88 Å². The van der Waals surface area contributed by atoms with E-state index in [1.165, 1.54) is 0 Å². The zero-order valence-electron chi connectivity index (χ0n) is 9.72. The molecule has 0 radical (unpaired) electrons. The average molecular weight is 297 g/mol. The van der Waals surface area contributed by atoms with Crippen molar-refractivity contribution in [1.82, 2.24) is 19.5 Å². The first-order valence-corrected chi connectivity index (χ1v) is 6.14. The second kappa shape index (κ2) is 5.27. The molecular formula is C11H13BrN4O. The fourth-order valence-electron chi connectivity index (χ4n) is 1.53. The molecule has 0 unspecified atom stereocenters. The molecule has 0 aliphatic rings. The van der Waals surface area contributed by atoms with Crippen LogP contribution >= 0.6 is 15.9 Å². The smallest absolute Gasteiger partial charge is 0.238 e. The van der Waals surface area contributed by atoms with Crippen LogP contribution < -0.4 is 4.74 Å². The van der Waals surface area contributed by atoms with Crippen LogP contribution in [0.3, 0.4) is 0 Å². The van der Waals surface area contributed by atoms with E-state index in [0.29, 0.717) is 11.8 Å². The normalized spacial score (nSPS) is 10.5. The van der Waals surface area contributed by atoms with Gasteiger partial charge in [0.15, 0.2) is 0 Å². The standard InChI is InChI=1S/C11H13BrN4O/c1-3-4-9-13-5-6-16(9)11-14-7-8(12)10(15-11)17-2/h5-7H,3-4H2,1-2H3. The molecule has 0 saturated heterocycles. The Morgan fingerprint density at radius 3 is 2.94 bits per heavy atom. The summed E-state index contributed by atoms with van der Waals surface area (Å²) < 4.78 is 7.76. The third-order valence-electron chi connectivity index (χ3n) is 2.30. The van der Waals surface area contributed by atoms with E-state index in [1.807, 2.05) is 10.8 Å². The molecule has 0 N–H and O–H groups in total. The highest BCUT2D eigenvalue weighted by molar-refractivity contribution is 9.10. The van der Waals surface area contributed by atoms with E-state index in [4.69, 9.17) is 4.74 Å². The second-order valence-electron chi connectivity index (χ2n) is 3.49. The maximum atomic E-state index is 5.15. The molecule has 0 aliphatic carbocycles. The van der Waals surface area contributed by atoms with E-state index in [1.54, 1.807) is 19.5 Å². The molecule has 0 fully saturated rings. The number of imidazole rings is 1. The maximum absolute atomic E-state index is 5.15. The summed E-state index contributed by atoms with van der Waals surface area (Å²) in [6.45, 7) is 2.11. The van der Waals surface area contributed by atoms with E-state index >= 15 is 0 Å². The lowest BCUT2D eigenvalue weighted by atomic mass is 10.3. The van der Waals surface area contributed by atoms with Crippen LogP contribution in [0.2, 0.25) is 0 Å². The Kier molecular flexibility index (Phi) is 3.73. The first-order valence-electron chi connectivity index (χ1n) is 5.35. The first-order chi connectivity index (χ1) is 8.26. The van der Waals surface area contributed by atoms with Crippen LogP contribution in [0.25, 0.3) is 5.95 Å². The predicted octanol–water partition coefficient (Wildman–Crippen LogP) is 2.39. The highest BCUT2D eigenvalue weighted by Gasteiger charge is 2.10. The van der Waals surface area contributed by atoms with Gasteiger partial charge in [-0.2, -0.15) is 4.98 Å². The zero-order valence-corrected chi connectivity index (χ0v) is 11.3. The van der Waals surface area contributed by atoms with Crippen molar-refractivity contribution in [1.29, 1.82) is 0 Å². The van der Waals surface area contributed by atoms with Crippen molar-refractivity contribution in [2.24, 2.45) is 0 Å². The number of nitrogens with zero attached hydrogens (tertiary/aromatic N) is 4. The number of rotatable bonds is 4. The molecule has 2 aromatic rings. The minimum Gasteiger partial charge on any atom is -0.480 e. The number of hydrogen-bond acceptors (Lipinski definition) is 4. The molecule has 2 heterocycles. The van der Waals surface area contributed by atoms with Crippen LogP contribution in [0.4, 0.5) is 0 Å². The fraction of sp³-hybridized carbons (Fsp3) is 0.364. The van der Waals surface area contributed by atoms with E-state index in [2.05, 4.69) is 37.8 Å². The molecule has 0 amide bonds. The Balaban J connectivity index is 2.42. The Morgan fingerprint density at radius 2 is 2.24 bits per heavy atom. The highest BCUT2D eigenvalue weighted by atomic mass is 79.9.